The highest BCUT2D eigenvalue weighted by Gasteiger charge is 2.52. The first-order valence-corrected chi connectivity index (χ1v) is 28.0. The van der Waals surface area contributed by atoms with Crippen molar-refractivity contribution in [2.45, 2.75) is 70.7 Å². The molecule has 88 heavy (non-hydrogen) atoms. The molecule has 5 aromatic heterocycles. The summed E-state index contributed by atoms with van der Waals surface area (Å²) in [6.45, 7) is 26.7. The van der Waals surface area contributed by atoms with Crippen molar-refractivity contribution >= 4 is 81.7 Å². The summed E-state index contributed by atoms with van der Waals surface area (Å²) in [7, 11) is 5.76. The fourth-order valence-electron chi connectivity index (χ4n) is 10.1. The predicted octanol–water partition coefficient (Wildman–Crippen LogP) is 11.7. The highest BCUT2D eigenvalue weighted by atomic mass is 35.5. The Balaban J connectivity index is 0.000000167. The van der Waals surface area contributed by atoms with E-state index in [0.717, 1.165) is 38.7 Å². The summed E-state index contributed by atoms with van der Waals surface area (Å²) in [6.07, 6.45) is 8.15. The first-order chi connectivity index (χ1) is 42.2. The van der Waals surface area contributed by atoms with Crippen LogP contribution in [0.15, 0.2) is 150 Å². The monoisotopic (exact) mass is 1200 g/mol. The molecule has 11 rings (SSSR count). The van der Waals surface area contributed by atoms with Crippen LogP contribution in [0.2, 0.25) is 5.02 Å². The average molecular weight is 1200 g/mol. The molecule has 6 N–H and O–H groups in total. The molecule has 1 fully saturated rings. The second-order valence-corrected chi connectivity index (χ2v) is 21.7. The lowest BCUT2D eigenvalue weighted by Gasteiger charge is -2.32. The van der Waals surface area contributed by atoms with Crippen LogP contribution in [0.5, 0.6) is 23.3 Å². The number of nitrogens with one attached hydrogen (secondary N) is 2. The highest BCUT2D eigenvalue weighted by molar-refractivity contribution is 6.62. The minimum absolute atomic E-state index is 0.0414. The Bertz CT molecular complexity index is 4240. The van der Waals surface area contributed by atoms with Gasteiger partial charge in [0.05, 0.1) is 75.2 Å². The fourth-order valence-corrected chi connectivity index (χ4v) is 10.3. The predicted molar refractivity (Wildman–Crippen MR) is 342 cm³/mol. The largest absolute Gasteiger partial charge is 0.496 e. The van der Waals surface area contributed by atoms with Crippen LogP contribution in [-0.4, -0.2) is 93.1 Å². The molecule has 6 heterocycles. The number of carbonyl (C=O) groups is 1. The number of para-hydroxylation sites is 1. The number of aromatic nitrogens is 7. The van der Waals surface area contributed by atoms with Crippen molar-refractivity contribution in [3.8, 4) is 40.1 Å². The van der Waals surface area contributed by atoms with Crippen molar-refractivity contribution in [3.63, 3.8) is 0 Å². The molecule has 23 heteroatoms. The Morgan fingerprint density at radius 1 is 0.670 bits per heavy atom. The van der Waals surface area contributed by atoms with Crippen molar-refractivity contribution < 1.29 is 33.1 Å². The van der Waals surface area contributed by atoms with E-state index in [1.807, 2.05) is 151 Å². The zero-order valence-corrected chi connectivity index (χ0v) is 50.7. The summed E-state index contributed by atoms with van der Waals surface area (Å²) in [5.41, 5.74) is 17.8. The quantitative estimate of drug-likeness (QED) is 0.0583. The van der Waals surface area contributed by atoms with Crippen LogP contribution in [0.1, 0.15) is 80.7 Å². The van der Waals surface area contributed by atoms with Gasteiger partial charge in [0, 0.05) is 58.8 Å². The van der Waals surface area contributed by atoms with Crippen molar-refractivity contribution in [1.82, 2.24) is 34.5 Å². The van der Waals surface area contributed by atoms with Gasteiger partial charge in [-0.25, -0.2) is 39.6 Å². The number of hydrogen-bond acceptors (Lipinski definition) is 18. The number of anilines is 4. The van der Waals surface area contributed by atoms with Crippen LogP contribution in [-0.2, 0) is 9.31 Å². The molecular weight excluding hydrogens is 1140 g/mol. The normalized spacial score (nSPS) is 15.1. The summed E-state index contributed by atoms with van der Waals surface area (Å²) in [5.74, 6) is 2.00. The van der Waals surface area contributed by atoms with Crippen LogP contribution in [0.3, 0.4) is 0 Å². The molecule has 1 aliphatic heterocycles. The molecular formula is C65H63BClN13O8. The van der Waals surface area contributed by atoms with Gasteiger partial charge in [-0.15, -0.1) is 0 Å². The second kappa shape index (κ2) is 26.5. The van der Waals surface area contributed by atoms with Crippen molar-refractivity contribution in [1.29, 1.82) is 0 Å². The Labute approximate surface area is 514 Å². The third-order valence-corrected chi connectivity index (χ3v) is 15.5. The molecule has 21 nitrogen and oxygen atoms in total. The minimum atomic E-state index is -0.564. The first-order valence-electron chi connectivity index (χ1n) is 27.6. The van der Waals surface area contributed by atoms with Gasteiger partial charge in [0.1, 0.15) is 11.6 Å². The molecule has 1 aliphatic carbocycles. The van der Waals surface area contributed by atoms with Gasteiger partial charge in [0.15, 0.2) is 17.3 Å². The first kappa shape index (κ1) is 62.2. The number of benzene rings is 4. The number of methoxy groups -OCH3 is 4. The maximum atomic E-state index is 14.4. The van der Waals surface area contributed by atoms with E-state index in [1.165, 1.54) is 19.5 Å². The van der Waals surface area contributed by atoms with Crippen molar-refractivity contribution in [3.05, 3.63) is 206 Å². The average Bonchev–Trinajstić information content (AvgIpc) is 1.78. The van der Waals surface area contributed by atoms with Crippen LogP contribution in [0.25, 0.3) is 43.4 Å². The summed E-state index contributed by atoms with van der Waals surface area (Å²) >= 11 is 6.35. The number of ether oxygens (including phenoxy) is 4. The van der Waals surface area contributed by atoms with Gasteiger partial charge in [-0.05, 0) is 106 Å². The Kier molecular flexibility index (Phi) is 18.7. The molecule has 1 unspecified atom stereocenters. The maximum Gasteiger partial charge on any atom is 0.496 e. The number of hydrogen-bond donors (Lipinski definition) is 4. The summed E-state index contributed by atoms with van der Waals surface area (Å²) in [4.78, 5) is 59.5. The standard InChI is InChI=1S/C30H26N6O3.C22H17ClN6O.C13H20BNO4/c1-17(35-28-23(32-2)16-34-30(31)36-28)22-13-19-11-8-12-21(20-14-24(38-3)29(39-4)33-15-20)26(19)27(37)25(22)18-9-6-5-7-10-18;1-13(27-20-17(25-2)12-26-22(24)28-20)18-11-14-7-6-10-16(23)19(14)21(30)29(18)15-8-4-3-5-9-15;1-12(2)13(3,4)19-14(18-12)9-7-10(16-5)11(17-6)15-8-9/h5-17,25H,1,3-4H3,(H3,31,34,35,36);3-13H,1H3,(H3,24,26,27,28);7-8H,1-6H3/t17-,25?;13-;/m00./s1. The van der Waals surface area contributed by atoms with Gasteiger partial charge in [-0.3, -0.25) is 14.2 Å². The number of nitrogen functional groups attached to an aromatic ring is 2. The molecule has 9 aromatic rings. The highest BCUT2D eigenvalue weighted by Crippen LogP contribution is 2.43. The van der Waals surface area contributed by atoms with Crippen LogP contribution in [0.4, 0.5) is 34.9 Å². The molecule has 4 aromatic carbocycles. The number of nitrogens with two attached hydrogens (primary N) is 2. The summed E-state index contributed by atoms with van der Waals surface area (Å²) in [5, 5.41) is 8.07. The summed E-state index contributed by atoms with van der Waals surface area (Å²) in [6, 6.07) is 34.9. The molecule has 446 valence electrons. The lowest BCUT2D eigenvalue weighted by Crippen LogP contribution is -2.41. The van der Waals surface area contributed by atoms with Crippen molar-refractivity contribution in [2.24, 2.45) is 0 Å². The van der Waals surface area contributed by atoms with Crippen LogP contribution < -0.4 is 52.1 Å². The molecule has 0 bridgehead atoms. The number of nitrogens with zero attached hydrogens (tertiary/aromatic N) is 9. The number of ketones is 1. The zero-order chi connectivity index (χ0) is 63.0. The van der Waals surface area contributed by atoms with E-state index in [1.54, 1.807) is 50.4 Å². The molecule has 2 aliphatic rings. The molecule has 1 saturated heterocycles. The van der Waals surface area contributed by atoms with E-state index >= 15 is 0 Å². The van der Waals surface area contributed by atoms with E-state index in [9.17, 15) is 9.59 Å². The van der Waals surface area contributed by atoms with E-state index < -0.39 is 13.0 Å². The van der Waals surface area contributed by atoms with Gasteiger partial charge in [0.2, 0.25) is 23.3 Å². The number of Topliss-reactive ketones (excluding diaryl/α,β-unsaturated/α-hetero) is 1. The lowest BCUT2D eigenvalue weighted by molar-refractivity contribution is 0.00578. The topological polar surface area (TPSA) is 257 Å². The number of rotatable bonds is 14. The maximum absolute atomic E-state index is 14.4. The van der Waals surface area contributed by atoms with E-state index in [4.69, 9.17) is 64.5 Å². The smallest absolute Gasteiger partial charge is 0.491 e. The SMILES string of the molecule is COc1cc(B2OC(C)(C)C(C)(C)O2)cnc1OC.[C-]#[N+]c1cnc(N)nc1N[C@@H](C)C1=Cc2cccc(-c3cnc(OC)c(OC)c3)c2C(=O)C1c1ccccc1.[C-]#[N+]c1cnc(N)nc1N[C@@H](C)c1cc2cccc(Cl)c2c(=O)n1-c1ccccc1. The van der Waals surface area contributed by atoms with E-state index in [2.05, 4.69) is 50.2 Å². The molecule has 0 spiro atoms. The molecule has 0 amide bonds. The minimum Gasteiger partial charge on any atom is -0.491 e. The van der Waals surface area contributed by atoms with Gasteiger partial charge in [0.25, 0.3) is 17.3 Å². The van der Waals surface area contributed by atoms with Gasteiger partial charge >= 0.3 is 7.12 Å². The summed E-state index contributed by atoms with van der Waals surface area (Å²) < 4.78 is 34.7. The van der Waals surface area contributed by atoms with Crippen LogP contribution >= 0.6 is 11.6 Å². The Morgan fingerprint density at radius 3 is 1.81 bits per heavy atom. The lowest BCUT2D eigenvalue weighted by atomic mass is 9.74. The fraction of sp³-hybridized carbons (Fsp3) is 0.231. The Morgan fingerprint density at radius 2 is 1.23 bits per heavy atom. The number of halogens is 1. The number of fused-ring (bicyclic) bond motifs is 2. The van der Waals surface area contributed by atoms with Gasteiger partial charge in [-0.1, -0.05) is 96.5 Å². The van der Waals surface area contributed by atoms with Crippen LogP contribution in [0, 0.1) is 13.1 Å². The Hall–Kier alpha value is -10.4. The van der Waals surface area contributed by atoms with E-state index in [-0.39, 0.29) is 57.9 Å². The zero-order valence-electron chi connectivity index (χ0n) is 50.0. The third-order valence-electron chi connectivity index (χ3n) is 15.2. The third kappa shape index (κ3) is 12.9. The molecule has 0 radical (unpaired) electrons. The van der Waals surface area contributed by atoms with Gasteiger partial charge in [-0.2, -0.15) is 0 Å². The number of carbonyl (C=O) groups excluding carboxylic acids is 1. The van der Waals surface area contributed by atoms with Gasteiger partial charge < -0.3 is 50.4 Å². The van der Waals surface area contributed by atoms with Crippen molar-refractivity contribution in [2.75, 3.05) is 50.5 Å². The van der Waals surface area contributed by atoms with E-state index in [0.29, 0.717) is 62.2 Å². The molecule has 3 atom stereocenters. The second-order valence-electron chi connectivity index (χ2n) is 21.3. The number of pyridine rings is 3. The molecule has 0 saturated carbocycles.